The maximum atomic E-state index is 5.45. The van der Waals surface area contributed by atoms with Crippen LogP contribution in [0.3, 0.4) is 0 Å². The van der Waals surface area contributed by atoms with E-state index in [2.05, 4.69) is 70.2 Å². The van der Waals surface area contributed by atoms with Crippen LogP contribution in [0.1, 0.15) is 24.2 Å². The maximum absolute atomic E-state index is 5.45. The Morgan fingerprint density at radius 3 is 2.48 bits per heavy atom. The molecule has 2 aliphatic heterocycles. The molecule has 1 unspecified atom stereocenters. The van der Waals surface area contributed by atoms with Crippen molar-refractivity contribution in [2.24, 2.45) is 5.92 Å². The summed E-state index contributed by atoms with van der Waals surface area (Å²) >= 11 is 0. The molecule has 6 heteroatoms. The molecule has 0 saturated carbocycles. The molecule has 5 rings (SSSR count). The van der Waals surface area contributed by atoms with Crippen LogP contribution in [0.15, 0.2) is 48.5 Å². The number of hydrogen-bond acceptors (Lipinski definition) is 6. The van der Waals surface area contributed by atoms with E-state index in [9.17, 15) is 0 Å². The number of para-hydroxylation sites is 1. The summed E-state index contributed by atoms with van der Waals surface area (Å²) in [5.74, 6) is 2.59. The van der Waals surface area contributed by atoms with Crippen LogP contribution in [0.2, 0.25) is 0 Å². The average Bonchev–Trinajstić information content (AvgIpc) is 2.85. The van der Waals surface area contributed by atoms with Crippen molar-refractivity contribution in [3.8, 4) is 0 Å². The fraction of sp³-hybridized carbons (Fsp3) is 0.481. The molecule has 0 bridgehead atoms. The highest BCUT2D eigenvalue weighted by molar-refractivity contribution is 5.89. The van der Waals surface area contributed by atoms with Gasteiger partial charge in [0.05, 0.1) is 18.7 Å². The summed E-state index contributed by atoms with van der Waals surface area (Å²) < 4.78 is 5.45. The van der Waals surface area contributed by atoms with Gasteiger partial charge in [-0.25, -0.2) is 9.97 Å². The number of rotatable bonds is 6. The van der Waals surface area contributed by atoms with E-state index in [1.807, 2.05) is 0 Å². The van der Waals surface area contributed by atoms with Crippen molar-refractivity contribution in [3.05, 3.63) is 59.9 Å². The van der Waals surface area contributed by atoms with Crippen LogP contribution >= 0.6 is 0 Å². The predicted molar refractivity (Wildman–Crippen MR) is 135 cm³/mol. The standard InChI is InChI=1S/C27H35N5O/c1-21-9-11-23(12-10-21)31-16-14-30(15-17-31)19-26-28-25-8-4-3-7-24(25)27(29-26)32-13-5-6-22(18-32)20-33-2/h3-4,7-12,22H,5-6,13-20H2,1-2H3. The van der Waals surface area contributed by atoms with Crippen molar-refractivity contribution in [2.45, 2.75) is 26.3 Å². The number of piperazine rings is 1. The van der Waals surface area contributed by atoms with Crippen molar-refractivity contribution >= 4 is 22.4 Å². The fourth-order valence-corrected chi connectivity index (χ4v) is 5.17. The van der Waals surface area contributed by atoms with E-state index in [0.717, 1.165) is 75.0 Å². The molecule has 0 aliphatic carbocycles. The second kappa shape index (κ2) is 10.1. The van der Waals surface area contributed by atoms with Crippen LogP contribution in [-0.2, 0) is 11.3 Å². The van der Waals surface area contributed by atoms with Crippen molar-refractivity contribution in [1.29, 1.82) is 0 Å². The van der Waals surface area contributed by atoms with Gasteiger partial charge in [0.1, 0.15) is 11.6 Å². The van der Waals surface area contributed by atoms with Crippen LogP contribution in [0.4, 0.5) is 11.5 Å². The van der Waals surface area contributed by atoms with Crippen LogP contribution < -0.4 is 9.80 Å². The molecule has 0 spiro atoms. The van der Waals surface area contributed by atoms with Gasteiger partial charge < -0.3 is 14.5 Å². The number of hydrogen-bond donors (Lipinski definition) is 0. The highest BCUT2D eigenvalue weighted by Crippen LogP contribution is 2.29. The molecule has 2 saturated heterocycles. The predicted octanol–water partition coefficient (Wildman–Crippen LogP) is 4.12. The molecule has 2 fully saturated rings. The molecule has 3 heterocycles. The summed E-state index contributed by atoms with van der Waals surface area (Å²) in [6.45, 7) is 9.94. The van der Waals surface area contributed by atoms with Gasteiger partial charge in [0, 0.05) is 57.5 Å². The lowest BCUT2D eigenvalue weighted by atomic mass is 9.98. The molecular formula is C27H35N5O. The first-order chi connectivity index (χ1) is 16.2. The maximum Gasteiger partial charge on any atom is 0.145 e. The normalized spacial score (nSPS) is 19.9. The number of benzene rings is 2. The van der Waals surface area contributed by atoms with Crippen LogP contribution in [0, 0.1) is 12.8 Å². The summed E-state index contributed by atoms with van der Waals surface area (Å²) in [5, 5.41) is 1.16. The highest BCUT2D eigenvalue weighted by atomic mass is 16.5. The van der Waals surface area contributed by atoms with Crippen molar-refractivity contribution in [1.82, 2.24) is 14.9 Å². The van der Waals surface area contributed by atoms with E-state index in [1.165, 1.54) is 24.1 Å². The third-order valence-electron chi connectivity index (χ3n) is 6.99. The molecule has 6 nitrogen and oxygen atoms in total. The summed E-state index contributed by atoms with van der Waals surface area (Å²) in [6.07, 6.45) is 2.41. The smallest absolute Gasteiger partial charge is 0.145 e. The summed E-state index contributed by atoms with van der Waals surface area (Å²) in [5.41, 5.74) is 3.67. The molecule has 3 aromatic rings. The molecule has 0 N–H and O–H groups in total. The van der Waals surface area contributed by atoms with Crippen LogP contribution in [0.25, 0.3) is 10.9 Å². The third kappa shape index (κ3) is 5.12. The number of anilines is 2. The first-order valence-electron chi connectivity index (χ1n) is 12.2. The quantitative estimate of drug-likeness (QED) is 0.569. The lowest BCUT2D eigenvalue weighted by molar-refractivity contribution is 0.143. The van der Waals surface area contributed by atoms with Gasteiger partial charge in [-0.1, -0.05) is 29.8 Å². The van der Waals surface area contributed by atoms with Gasteiger partial charge in [0.25, 0.3) is 0 Å². The Labute approximate surface area is 197 Å². The second-order valence-electron chi connectivity index (χ2n) is 9.49. The molecule has 0 amide bonds. The zero-order valence-corrected chi connectivity index (χ0v) is 19.9. The second-order valence-corrected chi connectivity index (χ2v) is 9.49. The molecule has 1 atom stereocenters. The van der Waals surface area contributed by atoms with E-state index in [1.54, 1.807) is 7.11 Å². The Morgan fingerprint density at radius 2 is 1.70 bits per heavy atom. The van der Waals surface area contributed by atoms with Gasteiger partial charge in [-0.2, -0.15) is 0 Å². The fourth-order valence-electron chi connectivity index (χ4n) is 5.17. The summed E-state index contributed by atoms with van der Waals surface area (Å²) in [4.78, 5) is 17.5. The van der Waals surface area contributed by atoms with Gasteiger partial charge >= 0.3 is 0 Å². The van der Waals surface area contributed by atoms with Crippen molar-refractivity contribution in [2.75, 3.05) is 62.8 Å². The number of aryl methyl sites for hydroxylation is 1. The number of ether oxygens (including phenoxy) is 1. The van der Waals surface area contributed by atoms with Crippen LogP contribution in [0.5, 0.6) is 0 Å². The minimum Gasteiger partial charge on any atom is -0.384 e. The van der Waals surface area contributed by atoms with Gasteiger partial charge in [-0.15, -0.1) is 0 Å². The first kappa shape index (κ1) is 22.1. The Kier molecular flexibility index (Phi) is 6.74. The Bertz CT molecular complexity index is 1060. The lowest BCUT2D eigenvalue weighted by Gasteiger charge is -2.36. The molecule has 0 radical (unpaired) electrons. The minimum absolute atomic E-state index is 0.566. The topological polar surface area (TPSA) is 44.7 Å². The number of methoxy groups -OCH3 is 1. The summed E-state index contributed by atoms with van der Waals surface area (Å²) in [6, 6.07) is 17.3. The molecule has 2 aliphatic rings. The van der Waals surface area contributed by atoms with Crippen molar-refractivity contribution < 1.29 is 4.74 Å². The lowest BCUT2D eigenvalue weighted by Crippen LogP contribution is -2.46. The van der Waals surface area contributed by atoms with Crippen LogP contribution in [-0.4, -0.2) is 67.9 Å². The van der Waals surface area contributed by atoms with E-state index < -0.39 is 0 Å². The van der Waals surface area contributed by atoms with E-state index >= 15 is 0 Å². The SMILES string of the molecule is COCC1CCCN(c2nc(CN3CCN(c4ccc(C)cc4)CC3)nc3ccccc23)C1. The minimum atomic E-state index is 0.566. The number of piperidine rings is 1. The van der Waals surface area contributed by atoms with Crippen molar-refractivity contribution in [3.63, 3.8) is 0 Å². The third-order valence-corrected chi connectivity index (χ3v) is 6.99. The van der Waals surface area contributed by atoms with E-state index in [4.69, 9.17) is 14.7 Å². The van der Waals surface area contributed by atoms with Gasteiger partial charge in [0.2, 0.25) is 0 Å². The zero-order valence-electron chi connectivity index (χ0n) is 19.9. The Balaban J connectivity index is 1.31. The monoisotopic (exact) mass is 445 g/mol. The largest absolute Gasteiger partial charge is 0.384 e. The zero-order chi connectivity index (χ0) is 22.6. The van der Waals surface area contributed by atoms with E-state index in [0.29, 0.717) is 5.92 Å². The van der Waals surface area contributed by atoms with E-state index in [-0.39, 0.29) is 0 Å². The molecule has 33 heavy (non-hydrogen) atoms. The number of fused-ring (bicyclic) bond motifs is 1. The molecule has 1 aromatic heterocycles. The molecular weight excluding hydrogens is 410 g/mol. The molecule has 174 valence electrons. The molecule has 2 aromatic carbocycles. The number of nitrogens with zero attached hydrogens (tertiary/aromatic N) is 5. The van der Waals surface area contributed by atoms with Gasteiger partial charge in [-0.3, -0.25) is 4.90 Å². The Morgan fingerprint density at radius 1 is 0.909 bits per heavy atom. The average molecular weight is 446 g/mol. The van der Waals surface area contributed by atoms with Gasteiger partial charge in [0.15, 0.2) is 0 Å². The first-order valence-corrected chi connectivity index (χ1v) is 12.2. The summed E-state index contributed by atoms with van der Waals surface area (Å²) in [7, 11) is 1.80. The highest BCUT2D eigenvalue weighted by Gasteiger charge is 2.24. The number of aromatic nitrogens is 2. The Hall–Kier alpha value is -2.70. The van der Waals surface area contributed by atoms with Gasteiger partial charge in [-0.05, 0) is 49.9 Å².